The van der Waals surface area contributed by atoms with E-state index in [4.69, 9.17) is 36.6 Å². The molecule has 39 nitrogen and oxygen atoms in total. The zero-order chi connectivity index (χ0) is 93.1. The molecule has 0 spiro atoms. The first-order valence-corrected chi connectivity index (χ1v) is 45.0. The first kappa shape index (κ1) is 106. The number of carbonyl (C=O) groups is 13. The van der Waals surface area contributed by atoms with Crippen LogP contribution in [0.4, 0.5) is 0 Å². The molecule has 1 aromatic heterocycles. The molecule has 0 radical (unpaired) electrons. The van der Waals surface area contributed by atoms with Gasteiger partial charge in [-0.3, -0.25) is 73.1 Å². The number of hydrogen-bond donors (Lipinski definition) is 23. The summed E-state index contributed by atoms with van der Waals surface area (Å²) in [7, 11) is 0. The van der Waals surface area contributed by atoms with Gasteiger partial charge in [0.2, 0.25) is 70.9 Å². The number of nitrogens with zero attached hydrogens (tertiary/aromatic N) is 1. The number of nitrogens with two attached hydrogens (primary N) is 2. The normalized spacial score (nSPS) is 19.5. The Bertz CT molecular complexity index is 4130. The highest BCUT2D eigenvalue weighted by molar-refractivity contribution is 6.00. The maximum Gasteiger partial charge on any atom is 0.246 e. The molecular weight excluding hydrogens is 1660 g/mol. The summed E-state index contributed by atoms with van der Waals surface area (Å²) in [6.07, 6.45) is 11.1. The van der Waals surface area contributed by atoms with Gasteiger partial charge in [-0.05, 0) is 113 Å². The van der Waals surface area contributed by atoms with E-state index in [1.807, 2.05) is 18.2 Å². The number of benzene rings is 3. The topological polar surface area (TPSA) is 613 Å². The van der Waals surface area contributed by atoms with Gasteiger partial charge in [-0.1, -0.05) is 145 Å². The number of phenolic OH excluding ortho intramolecular Hbond substituents is 1. The summed E-state index contributed by atoms with van der Waals surface area (Å²) in [6.45, 7) is 2.13. The van der Waals surface area contributed by atoms with Crippen molar-refractivity contribution in [2.24, 2.45) is 11.5 Å². The highest BCUT2D eigenvalue weighted by Crippen LogP contribution is 2.24. The minimum atomic E-state index is -1.80. The fraction of sp³-hybridized carbons (Fsp3) is 0.618. The number of rotatable bonds is 51. The molecule has 2 aliphatic heterocycles. The zero-order valence-corrected chi connectivity index (χ0v) is 73.8. The number of hydrogen-bond acceptors (Lipinski definition) is 24. The molecule has 2 saturated heterocycles. The Morgan fingerprint density at radius 3 is 1.91 bits per heavy atom. The average Bonchev–Trinajstić information content (AvgIpc) is 1.64. The number of aromatic hydroxyl groups is 1. The third-order valence-corrected chi connectivity index (χ3v) is 22.2. The lowest BCUT2D eigenvalue weighted by Gasteiger charge is -2.31. The first-order chi connectivity index (χ1) is 61.5. The van der Waals surface area contributed by atoms with Crippen molar-refractivity contribution in [3.8, 4) is 5.75 Å². The fourth-order valence-electron chi connectivity index (χ4n) is 15.0. The molecule has 6 rings (SSSR count). The van der Waals surface area contributed by atoms with E-state index in [9.17, 15) is 68.4 Å². The Morgan fingerprint density at radius 1 is 0.602 bits per heavy atom. The van der Waals surface area contributed by atoms with Crippen LogP contribution in [0.15, 0.2) is 85.1 Å². The molecule has 0 bridgehead atoms. The van der Waals surface area contributed by atoms with Crippen LogP contribution in [0.5, 0.6) is 5.75 Å². The second-order valence-electron chi connectivity index (χ2n) is 32.8. The minimum Gasteiger partial charge on any atom is -0.508 e. The second-order valence-corrected chi connectivity index (χ2v) is 32.8. The molecular formula is C89H138N18O21. The number of aromatic nitrogens is 1. The molecule has 0 aliphatic carbocycles. The summed E-state index contributed by atoms with van der Waals surface area (Å²) in [6, 6.07) is 6.55. The Balaban J connectivity index is 1.08. The highest BCUT2D eigenvalue weighted by Gasteiger charge is 2.44. The van der Waals surface area contributed by atoms with E-state index in [2.05, 4.69) is 74.1 Å². The zero-order valence-electron chi connectivity index (χ0n) is 73.8. The number of ketones is 1. The lowest BCUT2D eigenvalue weighted by molar-refractivity contribution is -0.143. The number of unbranched alkanes of at least 4 members (excludes halogenated alkanes) is 12. The van der Waals surface area contributed by atoms with Crippen LogP contribution < -0.4 is 80.6 Å². The number of nitrogens with one attached hydrogen (secondary N) is 15. The van der Waals surface area contributed by atoms with Gasteiger partial charge in [0, 0.05) is 88.2 Å². The number of Topliss-reactive ketones (excluding diaryl/α,β-unsaturated/α-hetero) is 1. The third kappa shape index (κ3) is 40.7. The number of ether oxygens (including phenoxy) is 2. The van der Waals surface area contributed by atoms with Crippen molar-refractivity contribution in [3.05, 3.63) is 102 Å². The molecule has 2 fully saturated rings. The van der Waals surface area contributed by atoms with Crippen molar-refractivity contribution in [1.29, 1.82) is 5.41 Å². The van der Waals surface area contributed by atoms with Gasteiger partial charge in [-0.25, -0.2) is 0 Å². The molecule has 3 aromatic carbocycles. The third-order valence-electron chi connectivity index (χ3n) is 22.2. The van der Waals surface area contributed by atoms with Crippen molar-refractivity contribution in [1.82, 2.24) is 79.0 Å². The number of phenols is 1. The van der Waals surface area contributed by atoms with Gasteiger partial charge in [0.1, 0.15) is 78.7 Å². The molecule has 25 N–H and O–H groups in total. The number of aliphatic hydroxyl groups excluding tert-OH is 4. The molecule has 4 aromatic rings. The Morgan fingerprint density at radius 2 is 1.22 bits per heavy atom. The van der Waals surface area contributed by atoms with Crippen LogP contribution in [-0.2, 0) is 91.1 Å². The summed E-state index contributed by atoms with van der Waals surface area (Å²) in [5.74, 6) is -10.7. The summed E-state index contributed by atoms with van der Waals surface area (Å²) in [5, 5.41) is 105. The van der Waals surface area contributed by atoms with E-state index >= 15 is 14.4 Å². The molecule has 2 aliphatic rings. The van der Waals surface area contributed by atoms with Gasteiger partial charge in [0.15, 0.2) is 12.2 Å². The van der Waals surface area contributed by atoms with Crippen LogP contribution >= 0.6 is 0 Å². The number of fused-ring (bicyclic) bond motifs is 2. The lowest BCUT2D eigenvalue weighted by Crippen LogP contribution is -2.61. The minimum absolute atomic E-state index is 0.0337. The number of aromatic amines is 1. The first-order valence-electron chi connectivity index (χ1n) is 45.0. The summed E-state index contributed by atoms with van der Waals surface area (Å²) in [5.41, 5.74) is 13.8. The van der Waals surface area contributed by atoms with Crippen molar-refractivity contribution < 1.29 is 102 Å². The SMILES string of the molecule is CCCC[C@H](NC(=O)C(CO)NC(=O)C(Cc1ccc(O)cc1)NC(=O)[C@H](C)NC(O)CCNC(=O)COCCOCCNC(=O)CCCCCCCCCCCCCCC(O)O)C(=O)N[C@H]1CCC(=O)CNCCCC[C@@H](C(N)=O)NC(=O)[C@H](Cc2c[nH]c3ccccc23)NC(=O)[C@H](CCCNC(=N)N)NC(=O)[C@@H](Cc2ccccc2)NC(=O)[C@@H]2C[C@@H](O)CN2C1=O. The predicted molar refractivity (Wildman–Crippen MR) is 475 cm³/mol. The summed E-state index contributed by atoms with van der Waals surface area (Å²) >= 11 is 0. The van der Waals surface area contributed by atoms with E-state index in [-0.39, 0.29) is 147 Å². The molecule has 39 heteroatoms. The number of H-pyrrole nitrogens is 1. The number of aliphatic hydroxyl groups is 5. The number of amides is 12. The van der Waals surface area contributed by atoms with Crippen molar-refractivity contribution in [2.75, 3.05) is 72.3 Å². The number of carbonyl (C=O) groups excluding carboxylic acids is 13. The molecule has 12 amide bonds. The van der Waals surface area contributed by atoms with Gasteiger partial charge >= 0.3 is 0 Å². The van der Waals surface area contributed by atoms with Gasteiger partial charge in [0.25, 0.3) is 0 Å². The molecule has 710 valence electrons. The van der Waals surface area contributed by atoms with Crippen LogP contribution in [0, 0.1) is 5.41 Å². The maximum absolute atomic E-state index is 15.3. The van der Waals surface area contributed by atoms with E-state index in [0.717, 1.165) is 60.7 Å². The van der Waals surface area contributed by atoms with E-state index in [1.54, 1.807) is 49.5 Å². The fourth-order valence-corrected chi connectivity index (χ4v) is 15.0. The van der Waals surface area contributed by atoms with Gasteiger partial charge in [-0.15, -0.1) is 0 Å². The second kappa shape index (κ2) is 59.4. The van der Waals surface area contributed by atoms with Crippen LogP contribution in [0.1, 0.15) is 197 Å². The smallest absolute Gasteiger partial charge is 0.246 e. The Kier molecular flexibility index (Phi) is 49.2. The maximum atomic E-state index is 15.3. The van der Waals surface area contributed by atoms with Crippen molar-refractivity contribution in [2.45, 2.75) is 279 Å². The van der Waals surface area contributed by atoms with Crippen LogP contribution in [0.3, 0.4) is 0 Å². The van der Waals surface area contributed by atoms with Crippen LogP contribution in [0.2, 0.25) is 0 Å². The van der Waals surface area contributed by atoms with Crippen LogP contribution in [-0.4, -0.2) is 274 Å². The Hall–Kier alpha value is -10.8. The number of primary amides is 1. The van der Waals surface area contributed by atoms with E-state index in [0.29, 0.717) is 48.9 Å². The molecule has 128 heavy (non-hydrogen) atoms. The molecule has 0 saturated carbocycles. The largest absolute Gasteiger partial charge is 0.508 e. The quantitative estimate of drug-likeness (QED) is 0.0115. The lowest BCUT2D eigenvalue weighted by atomic mass is 10.0. The monoisotopic (exact) mass is 1800 g/mol. The molecule has 3 unspecified atom stereocenters. The molecule has 3 heterocycles. The van der Waals surface area contributed by atoms with Crippen molar-refractivity contribution >= 4 is 93.5 Å². The van der Waals surface area contributed by atoms with Crippen LogP contribution in [0.25, 0.3) is 10.9 Å². The van der Waals surface area contributed by atoms with E-state index < -0.39 is 169 Å². The van der Waals surface area contributed by atoms with Gasteiger partial charge in [0.05, 0.1) is 45.1 Å². The Labute approximate surface area is 747 Å². The predicted octanol–water partition coefficient (Wildman–Crippen LogP) is -0.480. The summed E-state index contributed by atoms with van der Waals surface area (Å²) in [4.78, 5) is 188. The van der Waals surface area contributed by atoms with E-state index in [1.165, 1.54) is 63.3 Å². The number of guanidine groups is 1. The number of para-hydroxylation sites is 1. The van der Waals surface area contributed by atoms with Gasteiger partial charge in [-0.2, -0.15) is 0 Å². The molecule has 12 atom stereocenters. The highest BCUT2D eigenvalue weighted by atomic mass is 16.5. The van der Waals surface area contributed by atoms with Crippen molar-refractivity contribution in [3.63, 3.8) is 0 Å². The standard InChI is InChI=1S/C89H138N18O21/c1-3-4-28-67(101-86(124)73(55-108)106-84(122)70(49-59-34-36-61(109)37-35-59)103-80(118)57(2)98-76(113)40-43-94-77(114)56-128-47-46-127-45-44-95-75(112)32-18-13-11-9-7-5-6-8-10-12-14-19-33-78(115)116)81(119)102-69-39-38-62(110)53-93-41-23-22-30-66(79(90)117)99-85(123)72(50-60-52-97-65-29-21-20-27-64(60)65)104-82(120)68(31-24-42-96-89(91)92)100-83(121)71(48-58-25-16-15-17-26-58)105-87(125)74-51-63(111)54-107(74)88(69)126/h15-17,20-21,25-27,29,34-37,52,57,63,66-74,76,78,93,97-98,108-109,111,113,115-116H,3-14,18-19,22-24,28,30-33,38-51,53-56H2,1-2H3,(H2,90,117)(H,94,114)(H,95,112)(H,99,123)(H,100,121)(H,101,124)(H,102,119)(H,103,118)(H,104,120)(H,105,125)(H,106,122)(H4,91,92,96)/t57-,63+,66-,67-,68-,69-,70?,71+,72-,73?,74-,76?/m0/s1. The van der Waals surface area contributed by atoms with Gasteiger partial charge < -0.3 is 125 Å². The average molecular weight is 1800 g/mol. The summed E-state index contributed by atoms with van der Waals surface area (Å²) < 4.78 is 10.9.